The van der Waals surface area contributed by atoms with Crippen molar-refractivity contribution < 1.29 is 4.39 Å². The lowest BCUT2D eigenvalue weighted by Gasteiger charge is -2.03. The fourth-order valence-electron chi connectivity index (χ4n) is 2.53. The molecule has 3 rings (SSSR count). The molecule has 0 amide bonds. The van der Waals surface area contributed by atoms with Crippen LogP contribution in [0, 0.1) is 31.0 Å². The standard InChI is InChI=1S/C20H15FN2S/c1-13-6-7-18(14(2)8-13)19-12-24-20(23-19)16(11-22)9-15-4-3-5-17(21)10-15/h3-10,12H,1-2H3/b16-9+. The Kier molecular flexibility index (Phi) is 4.54. The number of hydrogen-bond donors (Lipinski definition) is 0. The van der Waals surface area contributed by atoms with Crippen LogP contribution in [0.4, 0.5) is 4.39 Å². The summed E-state index contributed by atoms with van der Waals surface area (Å²) in [5.74, 6) is -0.323. The maximum Gasteiger partial charge on any atom is 0.134 e. The van der Waals surface area contributed by atoms with Crippen LogP contribution in [-0.4, -0.2) is 4.98 Å². The highest BCUT2D eigenvalue weighted by molar-refractivity contribution is 7.11. The first-order valence-electron chi connectivity index (χ1n) is 7.48. The second-order valence-electron chi connectivity index (χ2n) is 5.58. The number of aryl methyl sites for hydroxylation is 2. The van der Waals surface area contributed by atoms with E-state index >= 15 is 0 Å². The van der Waals surface area contributed by atoms with Crippen molar-refractivity contribution in [2.24, 2.45) is 0 Å². The fourth-order valence-corrected chi connectivity index (χ4v) is 3.31. The molecule has 0 saturated heterocycles. The molecule has 0 aliphatic carbocycles. The van der Waals surface area contributed by atoms with Crippen molar-refractivity contribution in [1.29, 1.82) is 5.26 Å². The van der Waals surface area contributed by atoms with E-state index in [0.29, 0.717) is 16.1 Å². The van der Waals surface area contributed by atoms with Gasteiger partial charge >= 0.3 is 0 Å². The highest BCUT2D eigenvalue weighted by atomic mass is 32.1. The summed E-state index contributed by atoms with van der Waals surface area (Å²) < 4.78 is 13.3. The second kappa shape index (κ2) is 6.77. The molecular weight excluding hydrogens is 319 g/mol. The van der Waals surface area contributed by atoms with Crippen molar-refractivity contribution in [1.82, 2.24) is 4.98 Å². The molecule has 0 fully saturated rings. The highest BCUT2D eigenvalue weighted by Gasteiger charge is 2.11. The summed E-state index contributed by atoms with van der Waals surface area (Å²) in [6.45, 7) is 4.11. The quantitative estimate of drug-likeness (QED) is 0.582. The Morgan fingerprint density at radius 2 is 2.04 bits per heavy atom. The Hall–Kier alpha value is -2.77. The van der Waals surface area contributed by atoms with Crippen molar-refractivity contribution >= 4 is 23.0 Å². The number of hydrogen-bond acceptors (Lipinski definition) is 3. The highest BCUT2D eigenvalue weighted by Crippen LogP contribution is 2.29. The first-order valence-corrected chi connectivity index (χ1v) is 8.35. The monoisotopic (exact) mass is 334 g/mol. The van der Waals surface area contributed by atoms with Gasteiger partial charge in [0.25, 0.3) is 0 Å². The predicted octanol–water partition coefficient (Wildman–Crippen LogP) is 5.63. The number of benzene rings is 2. The van der Waals surface area contributed by atoms with Gasteiger partial charge in [-0.3, -0.25) is 0 Å². The summed E-state index contributed by atoms with van der Waals surface area (Å²) >= 11 is 1.42. The molecule has 0 aliphatic rings. The van der Waals surface area contributed by atoms with Crippen LogP contribution in [0.1, 0.15) is 21.7 Å². The summed E-state index contributed by atoms with van der Waals surface area (Å²) in [7, 11) is 0. The molecule has 24 heavy (non-hydrogen) atoms. The van der Waals surface area contributed by atoms with Crippen LogP contribution < -0.4 is 0 Å². The minimum atomic E-state index is -0.323. The lowest BCUT2D eigenvalue weighted by molar-refractivity contribution is 0.627. The second-order valence-corrected chi connectivity index (χ2v) is 6.44. The molecule has 3 aromatic rings. The topological polar surface area (TPSA) is 36.7 Å². The average molecular weight is 334 g/mol. The summed E-state index contributed by atoms with van der Waals surface area (Å²) in [6, 6.07) is 14.5. The van der Waals surface area contributed by atoms with E-state index in [1.807, 2.05) is 11.4 Å². The van der Waals surface area contributed by atoms with E-state index in [1.54, 1.807) is 18.2 Å². The third kappa shape index (κ3) is 3.42. The maximum absolute atomic E-state index is 13.3. The lowest BCUT2D eigenvalue weighted by Crippen LogP contribution is -1.86. The average Bonchev–Trinajstić information content (AvgIpc) is 3.02. The van der Waals surface area contributed by atoms with Crippen molar-refractivity contribution in [2.45, 2.75) is 13.8 Å². The van der Waals surface area contributed by atoms with E-state index in [-0.39, 0.29) is 5.82 Å². The maximum atomic E-state index is 13.3. The van der Waals surface area contributed by atoms with Crippen molar-refractivity contribution in [2.75, 3.05) is 0 Å². The van der Waals surface area contributed by atoms with E-state index in [0.717, 1.165) is 16.8 Å². The number of allylic oxidation sites excluding steroid dienone is 1. The van der Waals surface area contributed by atoms with Gasteiger partial charge in [-0.05, 0) is 43.2 Å². The van der Waals surface area contributed by atoms with Crippen LogP contribution in [0.15, 0.2) is 47.8 Å². The zero-order valence-electron chi connectivity index (χ0n) is 13.4. The van der Waals surface area contributed by atoms with E-state index in [1.165, 1.54) is 29.0 Å². The zero-order chi connectivity index (χ0) is 17.1. The van der Waals surface area contributed by atoms with Crippen LogP contribution in [0.3, 0.4) is 0 Å². The minimum Gasteiger partial charge on any atom is -0.235 e. The van der Waals surface area contributed by atoms with E-state index in [4.69, 9.17) is 0 Å². The molecule has 2 nitrogen and oxygen atoms in total. The first kappa shape index (κ1) is 16.1. The summed E-state index contributed by atoms with van der Waals surface area (Å²) in [5, 5.41) is 12.0. The van der Waals surface area contributed by atoms with E-state index < -0.39 is 0 Å². The molecule has 0 aliphatic heterocycles. The Labute approximate surface area is 144 Å². The molecule has 1 heterocycles. The molecule has 0 saturated carbocycles. The van der Waals surface area contributed by atoms with Gasteiger partial charge in [-0.25, -0.2) is 9.37 Å². The molecule has 0 unspecified atom stereocenters. The van der Waals surface area contributed by atoms with Gasteiger partial charge in [-0.1, -0.05) is 35.9 Å². The van der Waals surface area contributed by atoms with Gasteiger partial charge in [-0.2, -0.15) is 5.26 Å². The molecule has 118 valence electrons. The van der Waals surface area contributed by atoms with Crippen LogP contribution >= 0.6 is 11.3 Å². The van der Waals surface area contributed by atoms with Crippen LogP contribution in [0.2, 0.25) is 0 Å². The van der Waals surface area contributed by atoms with Gasteiger partial charge in [0.05, 0.1) is 11.3 Å². The smallest absolute Gasteiger partial charge is 0.134 e. The number of halogens is 1. The van der Waals surface area contributed by atoms with Crippen molar-refractivity contribution in [3.05, 3.63) is 75.4 Å². The number of nitrogens with zero attached hydrogens (tertiary/aromatic N) is 2. The first-order chi connectivity index (χ1) is 11.6. The van der Waals surface area contributed by atoms with Gasteiger partial charge in [-0.15, -0.1) is 11.3 Å². The number of rotatable bonds is 3. The normalized spacial score (nSPS) is 11.3. The van der Waals surface area contributed by atoms with Gasteiger partial charge in [0.2, 0.25) is 0 Å². The Balaban J connectivity index is 1.98. The Morgan fingerprint density at radius 3 is 2.75 bits per heavy atom. The van der Waals surface area contributed by atoms with Crippen molar-refractivity contribution in [3.8, 4) is 17.3 Å². The summed E-state index contributed by atoms with van der Waals surface area (Å²) in [4.78, 5) is 4.59. The molecule has 0 N–H and O–H groups in total. The fraction of sp³-hybridized carbons (Fsp3) is 0.100. The number of nitriles is 1. The molecule has 0 bridgehead atoms. The van der Waals surface area contributed by atoms with E-state index in [2.05, 4.69) is 37.0 Å². The van der Waals surface area contributed by atoms with Crippen LogP contribution in [0.5, 0.6) is 0 Å². The van der Waals surface area contributed by atoms with E-state index in [9.17, 15) is 9.65 Å². The lowest BCUT2D eigenvalue weighted by atomic mass is 10.0. The van der Waals surface area contributed by atoms with Crippen LogP contribution in [0.25, 0.3) is 22.9 Å². The summed E-state index contributed by atoms with van der Waals surface area (Å²) in [5.41, 5.74) is 5.35. The molecule has 0 radical (unpaired) electrons. The molecule has 1 aromatic heterocycles. The Morgan fingerprint density at radius 1 is 1.21 bits per heavy atom. The molecule has 0 spiro atoms. The molecule has 2 aromatic carbocycles. The summed E-state index contributed by atoms with van der Waals surface area (Å²) in [6.07, 6.45) is 1.66. The zero-order valence-corrected chi connectivity index (χ0v) is 14.2. The molecule has 0 atom stereocenters. The van der Waals surface area contributed by atoms with Gasteiger partial charge in [0.15, 0.2) is 0 Å². The number of aromatic nitrogens is 1. The molecule has 4 heteroatoms. The predicted molar refractivity (Wildman–Crippen MR) is 96.9 cm³/mol. The third-order valence-corrected chi connectivity index (χ3v) is 4.55. The number of thiazole rings is 1. The SMILES string of the molecule is Cc1ccc(-c2csc(/C(C#N)=C/c3cccc(F)c3)n2)c(C)c1. The molecular formula is C20H15FN2S. The van der Waals surface area contributed by atoms with Gasteiger partial charge in [0, 0.05) is 10.9 Å². The van der Waals surface area contributed by atoms with Gasteiger partial charge < -0.3 is 0 Å². The third-order valence-electron chi connectivity index (χ3n) is 3.67. The largest absolute Gasteiger partial charge is 0.235 e. The van der Waals surface area contributed by atoms with Crippen molar-refractivity contribution in [3.63, 3.8) is 0 Å². The van der Waals surface area contributed by atoms with Gasteiger partial charge in [0.1, 0.15) is 16.9 Å². The Bertz CT molecular complexity index is 964. The minimum absolute atomic E-state index is 0.323. The van der Waals surface area contributed by atoms with Crippen LogP contribution in [-0.2, 0) is 0 Å².